The van der Waals surface area contributed by atoms with Crippen LogP contribution in [0.5, 0.6) is 0 Å². The van der Waals surface area contributed by atoms with Gasteiger partial charge in [0.15, 0.2) is 5.76 Å². The highest BCUT2D eigenvalue weighted by Gasteiger charge is 2.33. The van der Waals surface area contributed by atoms with Crippen LogP contribution in [0.25, 0.3) is 0 Å². The van der Waals surface area contributed by atoms with E-state index >= 15 is 0 Å². The Morgan fingerprint density at radius 3 is 2.73 bits per heavy atom. The standard InChI is InChI=1S/C12H17NO2/c1-8-6-7-15-11(8)12(14)13(3)9(2)10-4-5-10/h6-7,9-10H,4-5H2,1-3H3/t9-/m1/s1. The molecule has 1 amide bonds. The molecule has 1 saturated carbocycles. The van der Waals surface area contributed by atoms with Crippen LogP contribution in [-0.4, -0.2) is 23.9 Å². The molecular weight excluding hydrogens is 190 g/mol. The molecule has 1 aliphatic carbocycles. The molecule has 0 aliphatic heterocycles. The SMILES string of the molecule is Cc1ccoc1C(=O)N(C)[C@H](C)C1CC1. The summed E-state index contributed by atoms with van der Waals surface area (Å²) in [4.78, 5) is 13.8. The van der Waals surface area contributed by atoms with Gasteiger partial charge in [0.25, 0.3) is 5.91 Å². The molecule has 0 aromatic carbocycles. The number of rotatable bonds is 3. The largest absolute Gasteiger partial charge is 0.459 e. The molecule has 0 radical (unpaired) electrons. The van der Waals surface area contributed by atoms with Crippen molar-refractivity contribution in [3.8, 4) is 0 Å². The number of amides is 1. The second-order valence-corrected chi connectivity index (χ2v) is 4.43. The van der Waals surface area contributed by atoms with Crippen molar-refractivity contribution in [2.75, 3.05) is 7.05 Å². The molecule has 3 heteroatoms. The summed E-state index contributed by atoms with van der Waals surface area (Å²) in [7, 11) is 1.85. The van der Waals surface area contributed by atoms with E-state index in [-0.39, 0.29) is 5.91 Å². The van der Waals surface area contributed by atoms with Crippen LogP contribution in [0.2, 0.25) is 0 Å². The molecule has 15 heavy (non-hydrogen) atoms. The third-order valence-electron chi connectivity index (χ3n) is 3.29. The van der Waals surface area contributed by atoms with Crippen molar-refractivity contribution < 1.29 is 9.21 Å². The highest BCUT2D eigenvalue weighted by Crippen LogP contribution is 2.35. The van der Waals surface area contributed by atoms with Crippen molar-refractivity contribution >= 4 is 5.91 Å². The van der Waals surface area contributed by atoms with Crippen LogP contribution in [-0.2, 0) is 0 Å². The van der Waals surface area contributed by atoms with E-state index in [1.165, 1.54) is 12.8 Å². The van der Waals surface area contributed by atoms with Gasteiger partial charge in [-0.05, 0) is 38.7 Å². The fourth-order valence-electron chi connectivity index (χ4n) is 1.83. The predicted molar refractivity (Wildman–Crippen MR) is 57.7 cm³/mol. The van der Waals surface area contributed by atoms with Gasteiger partial charge in [-0.25, -0.2) is 0 Å². The maximum atomic E-state index is 12.0. The van der Waals surface area contributed by atoms with Gasteiger partial charge in [-0.3, -0.25) is 4.79 Å². The highest BCUT2D eigenvalue weighted by molar-refractivity contribution is 5.92. The first-order chi connectivity index (χ1) is 7.11. The Hall–Kier alpha value is -1.25. The smallest absolute Gasteiger partial charge is 0.289 e. The molecule has 1 atom stereocenters. The Kier molecular flexibility index (Phi) is 2.55. The highest BCUT2D eigenvalue weighted by atomic mass is 16.3. The number of hydrogen-bond acceptors (Lipinski definition) is 2. The summed E-state index contributed by atoms with van der Waals surface area (Å²) in [5.74, 6) is 1.16. The maximum Gasteiger partial charge on any atom is 0.289 e. The minimum atomic E-state index is -0.00287. The third kappa shape index (κ3) is 1.91. The third-order valence-corrected chi connectivity index (χ3v) is 3.29. The van der Waals surface area contributed by atoms with E-state index in [0.29, 0.717) is 17.7 Å². The predicted octanol–water partition coefficient (Wildman–Crippen LogP) is 2.46. The average Bonchev–Trinajstić information content (AvgIpc) is 2.98. The van der Waals surface area contributed by atoms with Crippen molar-refractivity contribution in [3.05, 3.63) is 23.7 Å². The van der Waals surface area contributed by atoms with E-state index in [4.69, 9.17) is 4.42 Å². The first-order valence-electron chi connectivity index (χ1n) is 5.42. The molecule has 0 N–H and O–H groups in total. The van der Waals surface area contributed by atoms with Crippen LogP contribution in [0.3, 0.4) is 0 Å². The topological polar surface area (TPSA) is 33.5 Å². The molecule has 1 aromatic heterocycles. The minimum absolute atomic E-state index is 0.00287. The summed E-state index contributed by atoms with van der Waals surface area (Å²) < 4.78 is 5.21. The van der Waals surface area contributed by atoms with Crippen LogP contribution in [0.1, 0.15) is 35.9 Å². The zero-order valence-electron chi connectivity index (χ0n) is 9.49. The van der Waals surface area contributed by atoms with E-state index in [2.05, 4.69) is 6.92 Å². The minimum Gasteiger partial charge on any atom is -0.459 e. The Morgan fingerprint density at radius 1 is 1.60 bits per heavy atom. The van der Waals surface area contributed by atoms with Crippen molar-refractivity contribution in [2.24, 2.45) is 5.92 Å². The lowest BCUT2D eigenvalue weighted by Gasteiger charge is -2.24. The number of hydrogen-bond donors (Lipinski definition) is 0. The quantitative estimate of drug-likeness (QED) is 0.762. The lowest BCUT2D eigenvalue weighted by molar-refractivity contribution is 0.0694. The van der Waals surface area contributed by atoms with Crippen LogP contribution in [0, 0.1) is 12.8 Å². The monoisotopic (exact) mass is 207 g/mol. The molecule has 3 nitrogen and oxygen atoms in total. The van der Waals surface area contributed by atoms with E-state index < -0.39 is 0 Å². The zero-order valence-corrected chi connectivity index (χ0v) is 9.49. The molecule has 2 rings (SSSR count). The summed E-state index contributed by atoms with van der Waals surface area (Å²) in [5, 5.41) is 0. The molecule has 82 valence electrons. The van der Waals surface area contributed by atoms with Gasteiger partial charge in [0.1, 0.15) is 0 Å². The number of carbonyl (C=O) groups excluding carboxylic acids is 1. The van der Waals surface area contributed by atoms with Gasteiger partial charge < -0.3 is 9.32 Å². The summed E-state index contributed by atoms with van der Waals surface area (Å²) in [6.07, 6.45) is 4.06. The van der Waals surface area contributed by atoms with Crippen LogP contribution < -0.4 is 0 Å². The zero-order chi connectivity index (χ0) is 11.0. The van der Waals surface area contributed by atoms with Crippen LogP contribution >= 0.6 is 0 Å². The van der Waals surface area contributed by atoms with Gasteiger partial charge in [0.2, 0.25) is 0 Å². The molecule has 0 bridgehead atoms. The van der Waals surface area contributed by atoms with Gasteiger partial charge >= 0.3 is 0 Å². The molecule has 0 saturated heterocycles. The molecule has 1 heterocycles. The van der Waals surface area contributed by atoms with E-state index in [1.807, 2.05) is 20.0 Å². The Morgan fingerprint density at radius 2 is 2.27 bits per heavy atom. The van der Waals surface area contributed by atoms with Crippen molar-refractivity contribution in [3.63, 3.8) is 0 Å². The second-order valence-electron chi connectivity index (χ2n) is 4.43. The summed E-state index contributed by atoms with van der Waals surface area (Å²) in [6, 6.07) is 2.14. The second kappa shape index (κ2) is 3.72. The molecule has 1 aliphatic rings. The molecule has 1 fully saturated rings. The van der Waals surface area contributed by atoms with Crippen molar-refractivity contribution in [1.29, 1.82) is 0 Å². The lowest BCUT2D eigenvalue weighted by Crippen LogP contribution is -2.36. The van der Waals surface area contributed by atoms with Gasteiger partial charge in [0.05, 0.1) is 6.26 Å². The van der Waals surface area contributed by atoms with Crippen LogP contribution in [0.15, 0.2) is 16.7 Å². The number of carbonyl (C=O) groups is 1. The average molecular weight is 207 g/mol. The number of nitrogens with zero attached hydrogens (tertiary/aromatic N) is 1. The Bertz CT molecular complexity index is 365. The van der Waals surface area contributed by atoms with Gasteiger partial charge in [0, 0.05) is 18.7 Å². The lowest BCUT2D eigenvalue weighted by atomic mass is 10.1. The number of aryl methyl sites for hydroxylation is 1. The van der Waals surface area contributed by atoms with Gasteiger partial charge in [-0.1, -0.05) is 0 Å². The maximum absolute atomic E-state index is 12.0. The summed E-state index contributed by atoms with van der Waals surface area (Å²) in [6.45, 7) is 4.00. The first-order valence-corrected chi connectivity index (χ1v) is 5.42. The normalized spacial score (nSPS) is 17.5. The van der Waals surface area contributed by atoms with E-state index in [1.54, 1.807) is 11.2 Å². The molecule has 0 spiro atoms. The van der Waals surface area contributed by atoms with E-state index in [9.17, 15) is 4.79 Å². The Labute approximate surface area is 90.1 Å². The fourth-order valence-corrected chi connectivity index (χ4v) is 1.83. The van der Waals surface area contributed by atoms with Gasteiger partial charge in [-0.2, -0.15) is 0 Å². The number of furan rings is 1. The summed E-state index contributed by atoms with van der Waals surface area (Å²) in [5.41, 5.74) is 0.912. The molecule has 0 unspecified atom stereocenters. The van der Waals surface area contributed by atoms with Crippen molar-refractivity contribution in [1.82, 2.24) is 4.90 Å². The molecule has 1 aromatic rings. The first kappa shape index (κ1) is 10.3. The van der Waals surface area contributed by atoms with E-state index in [0.717, 1.165) is 5.56 Å². The van der Waals surface area contributed by atoms with Gasteiger partial charge in [-0.15, -0.1) is 0 Å². The van der Waals surface area contributed by atoms with Crippen LogP contribution in [0.4, 0.5) is 0 Å². The molecular formula is C12H17NO2. The summed E-state index contributed by atoms with van der Waals surface area (Å²) >= 11 is 0. The van der Waals surface area contributed by atoms with Crippen molar-refractivity contribution in [2.45, 2.75) is 32.7 Å². The fraction of sp³-hybridized carbons (Fsp3) is 0.583. The Balaban J connectivity index is 2.10.